The Morgan fingerprint density at radius 3 is 2.33 bits per heavy atom. The van der Waals surface area contributed by atoms with Crippen LogP contribution in [0.15, 0.2) is 38.0 Å². The van der Waals surface area contributed by atoms with E-state index < -0.39 is 0 Å². The van der Waals surface area contributed by atoms with E-state index >= 15 is 0 Å². The van der Waals surface area contributed by atoms with Crippen molar-refractivity contribution in [2.45, 2.75) is 38.5 Å². The van der Waals surface area contributed by atoms with E-state index in [0.717, 1.165) is 25.2 Å². The van der Waals surface area contributed by atoms with Gasteiger partial charge in [-0.25, -0.2) is 0 Å². The molecule has 1 rings (SSSR count). The Hall–Kier alpha value is -0.780. The van der Waals surface area contributed by atoms with Gasteiger partial charge in [0, 0.05) is 0 Å². The average Bonchev–Trinajstić information content (AvgIpc) is 2.19. The molecule has 1 atom stereocenters. The highest BCUT2D eigenvalue weighted by Crippen LogP contribution is 2.45. The monoisotopic (exact) mass is 203 g/mol. The summed E-state index contributed by atoms with van der Waals surface area (Å²) in [5, 5.41) is 0. The van der Waals surface area contributed by atoms with Crippen molar-refractivity contribution < 1.29 is 0 Å². The molecule has 0 bridgehead atoms. The number of allylic oxidation sites excluding steroid dienone is 3. The van der Waals surface area contributed by atoms with Crippen molar-refractivity contribution in [1.29, 1.82) is 0 Å². The third-order valence-corrected chi connectivity index (χ3v) is 3.45. The van der Waals surface area contributed by atoms with Crippen molar-refractivity contribution in [3.8, 4) is 0 Å². The number of rotatable bonds is 6. The summed E-state index contributed by atoms with van der Waals surface area (Å²) in [7, 11) is 0. The Kier molecular flexibility index (Phi) is 4.87. The van der Waals surface area contributed by atoms with Crippen molar-refractivity contribution in [3.63, 3.8) is 0 Å². The summed E-state index contributed by atoms with van der Waals surface area (Å²) < 4.78 is 0. The van der Waals surface area contributed by atoms with Gasteiger partial charge in [-0.05, 0) is 56.3 Å². The molecule has 0 aliphatic heterocycles. The predicted molar refractivity (Wildman–Crippen MR) is 68.5 cm³/mol. The van der Waals surface area contributed by atoms with Crippen molar-refractivity contribution in [2.75, 3.05) is 0 Å². The molecule has 0 heteroatoms. The minimum Gasteiger partial charge on any atom is -0.103 e. The Bertz CT molecular complexity index is 214. The number of hydrogen-bond acceptors (Lipinski definition) is 0. The van der Waals surface area contributed by atoms with Crippen molar-refractivity contribution in [1.82, 2.24) is 0 Å². The van der Waals surface area contributed by atoms with E-state index in [2.05, 4.69) is 44.4 Å². The maximum atomic E-state index is 3.88. The lowest BCUT2D eigenvalue weighted by Gasteiger charge is -2.40. The summed E-state index contributed by atoms with van der Waals surface area (Å²) in [5.41, 5.74) is 0.412. The molecule has 0 nitrogen and oxygen atoms in total. The zero-order chi connectivity index (χ0) is 11.1. The molecular weight excluding hydrogens is 180 g/mol. The van der Waals surface area contributed by atoms with Gasteiger partial charge in [-0.15, -0.1) is 19.7 Å². The minimum absolute atomic E-state index is 0.412. The molecular formula is C15H23. The van der Waals surface area contributed by atoms with E-state index in [1.165, 1.54) is 19.3 Å². The largest absolute Gasteiger partial charge is 0.103 e. The van der Waals surface area contributed by atoms with Crippen LogP contribution in [0.1, 0.15) is 38.5 Å². The van der Waals surface area contributed by atoms with Crippen LogP contribution in [0, 0.1) is 17.8 Å². The SMILES string of the molecule is C=CCC1C[CH]CC(CC=C)(CC=C)C1. The Balaban J connectivity index is 2.64. The van der Waals surface area contributed by atoms with Crippen LogP contribution in [0.4, 0.5) is 0 Å². The summed E-state index contributed by atoms with van der Waals surface area (Å²) in [5.74, 6) is 0.788. The molecule has 1 fully saturated rings. The molecule has 0 aromatic carbocycles. The minimum atomic E-state index is 0.412. The molecule has 15 heavy (non-hydrogen) atoms. The van der Waals surface area contributed by atoms with Crippen LogP contribution in [-0.4, -0.2) is 0 Å². The highest BCUT2D eigenvalue weighted by molar-refractivity contribution is 5.00. The zero-order valence-electron chi connectivity index (χ0n) is 9.75. The molecule has 1 aliphatic rings. The molecule has 1 unspecified atom stereocenters. The van der Waals surface area contributed by atoms with Crippen LogP contribution in [0.3, 0.4) is 0 Å². The molecule has 0 amide bonds. The molecule has 0 N–H and O–H groups in total. The molecule has 0 aromatic heterocycles. The molecule has 83 valence electrons. The Labute approximate surface area is 94.8 Å². The van der Waals surface area contributed by atoms with Crippen LogP contribution < -0.4 is 0 Å². The van der Waals surface area contributed by atoms with Gasteiger partial charge in [0.2, 0.25) is 0 Å². The maximum Gasteiger partial charge on any atom is -0.0223 e. The van der Waals surface area contributed by atoms with Crippen molar-refractivity contribution in [2.24, 2.45) is 11.3 Å². The smallest absolute Gasteiger partial charge is 0.0223 e. The van der Waals surface area contributed by atoms with Gasteiger partial charge in [-0.3, -0.25) is 0 Å². The third-order valence-electron chi connectivity index (χ3n) is 3.45. The molecule has 0 aromatic rings. The first kappa shape index (κ1) is 12.3. The lowest BCUT2D eigenvalue weighted by atomic mass is 9.65. The summed E-state index contributed by atoms with van der Waals surface area (Å²) in [6.07, 6.45) is 15.8. The van der Waals surface area contributed by atoms with Gasteiger partial charge < -0.3 is 0 Å². The van der Waals surface area contributed by atoms with Crippen molar-refractivity contribution >= 4 is 0 Å². The van der Waals surface area contributed by atoms with Crippen LogP contribution in [0.5, 0.6) is 0 Å². The van der Waals surface area contributed by atoms with Crippen LogP contribution >= 0.6 is 0 Å². The van der Waals surface area contributed by atoms with Gasteiger partial charge in [0.15, 0.2) is 0 Å². The van der Waals surface area contributed by atoms with E-state index in [9.17, 15) is 0 Å². The van der Waals surface area contributed by atoms with Crippen LogP contribution in [0.2, 0.25) is 0 Å². The molecule has 1 saturated carbocycles. The molecule has 0 saturated heterocycles. The van der Waals surface area contributed by atoms with Gasteiger partial charge in [-0.1, -0.05) is 18.2 Å². The second-order valence-corrected chi connectivity index (χ2v) is 4.81. The molecule has 0 heterocycles. The highest BCUT2D eigenvalue weighted by Gasteiger charge is 2.33. The Morgan fingerprint density at radius 1 is 1.13 bits per heavy atom. The first-order valence-electron chi connectivity index (χ1n) is 5.90. The molecule has 1 radical (unpaired) electrons. The lowest BCUT2D eigenvalue weighted by molar-refractivity contribution is 0.177. The second-order valence-electron chi connectivity index (χ2n) is 4.81. The van der Waals surface area contributed by atoms with Gasteiger partial charge in [-0.2, -0.15) is 0 Å². The van der Waals surface area contributed by atoms with E-state index in [0.29, 0.717) is 5.41 Å². The summed E-state index contributed by atoms with van der Waals surface area (Å²) in [6.45, 7) is 11.6. The van der Waals surface area contributed by atoms with Gasteiger partial charge in [0.05, 0.1) is 0 Å². The Morgan fingerprint density at radius 2 is 1.80 bits per heavy atom. The molecule has 1 aliphatic carbocycles. The van der Waals surface area contributed by atoms with Crippen molar-refractivity contribution in [3.05, 3.63) is 44.4 Å². The first-order valence-corrected chi connectivity index (χ1v) is 5.90. The molecule has 0 spiro atoms. The first-order chi connectivity index (χ1) is 7.26. The quantitative estimate of drug-likeness (QED) is 0.549. The summed E-state index contributed by atoms with van der Waals surface area (Å²) in [4.78, 5) is 0. The van der Waals surface area contributed by atoms with Crippen LogP contribution in [-0.2, 0) is 0 Å². The number of hydrogen-bond donors (Lipinski definition) is 0. The highest BCUT2D eigenvalue weighted by atomic mass is 14.4. The van der Waals surface area contributed by atoms with E-state index in [-0.39, 0.29) is 0 Å². The predicted octanol–water partition coefficient (Wildman–Crippen LogP) is 4.71. The normalized spacial score (nSPS) is 24.4. The zero-order valence-corrected chi connectivity index (χ0v) is 9.75. The lowest BCUT2D eigenvalue weighted by Crippen LogP contribution is -2.28. The van der Waals surface area contributed by atoms with E-state index in [1.54, 1.807) is 0 Å². The van der Waals surface area contributed by atoms with Gasteiger partial charge in [0.25, 0.3) is 0 Å². The summed E-state index contributed by atoms with van der Waals surface area (Å²) in [6, 6.07) is 0. The maximum absolute atomic E-state index is 3.88. The topological polar surface area (TPSA) is 0 Å². The van der Waals surface area contributed by atoms with Gasteiger partial charge >= 0.3 is 0 Å². The van der Waals surface area contributed by atoms with E-state index in [4.69, 9.17) is 0 Å². The van der Waals surface area contributed by atoms with E-state index in [1.807, 2.05) is 0 Å². The standard InChI is InChI=1S/C15H23/c1-4-8-14-9-7-12-15(13-14,10-5-2)11-6-3/h4-7,14H,1-3,8-13H2. The van der Waals surface area contributed by atoms with Crippen LogP contribution in [0.25, 0.3) is 0 Å². The fraction of sp³-hybridized carbons (Fsp3) is 0.533. The fourth-order valence-corrected chi connectivity index (χ4v) is 2.85. The average molecular weight is 203 g/mol. The van der Waals surface area contributed by atoms with Gasteiger partial charge in [0.1, 0.15) is 0 Å². The fourth-order valence-electron chi connectivity index (χ4n) is 2.85. The summed E-state index contributed by atoms with van der Waals surface area (Å²) >= 11 is 0. The second kappa shape index (κ2) is 5.95. The third kappa shape index (κ3) is 3.37.